The second-order valence-corrected chi connectivity index (χ2v) is 3.82. The van der Waals surface area contributed by atoms with Gasteiger partial charge in [-0.05, 0) is 37.8 Å². The molecule has 0 aliphatic carbocycles. The summed E-state index contributed by atoms with van der Waals surface area (Å²) in [5.41, 5.74) is 0. The minimum Gasteiger partial charge on any atom is -0.393 e. The Morgan fingerprint density at radius 1 is 1.25 bits per heavy atom. The van der Waals surface area contributed by atoms with Crippen LogP contribution in [0, 0.1) is 11.8 Å². The standard InChI is InChI=1S/C9H19NO.ClH/c1-7(2)9(11)8-3-5-10-6-4-8;/h7-11H,3-6H2,1-2H3;1H. The molecule has 0 saturated carbocycles. The number of halogens is 1. The number of aliphatic hydroxyl groups excluding tert-OH is 1. The normalized spacial score (nSPS) is 22.0. The first-order chi connectivity index (χ1) is 5.22. The molecule has 3 heteroatoms. The molecule has 1 heterocycles. The molecule has 0 radical (unpaired) electrons. The maximum Gasteiger partial charge on any atom is 0.0592 e. The van der Waals surface area contributed by atoms with E-state index in [0.717, 1.165) is 25.9 Å². The van der Waals surface area contributed by atoms with Gasteiger partial charge in [0, 0.05) is 0 Å². The van der Waals surface area contributed by atoms with Gasteiger partial charge in [-0.1, -0.05) is 13.8 Å². The van der Waals surface area contributed by atoms with Crippen molar-refractivity contribution in [2.45, 2.75) is 32.8 Å². The molecule has 0 bridgehead atoms. The molecule has 0 amide bonds. The second-order valence-electron chi connectivity index (χ2n) is 3.82. The summed E-state index contributed by atoms with van der Waals surface area (Å²) in [5.74, 6) is 0.953. The highest BCUT2D eigenvalue weighted by Crippen LogP contribution is 2.21. The molecule has 0 aromatic carbocycles. The van der Waals surface area contributed by atoms with E-state index in [-0.39, 0.29) is 18.5 Å². The second kappa shape index (κ2) is 5.79. The number of rotatable bonds is 2. The van der Waals surface area contributed by atoms with E-state index < -0.39 is 0 Å². The third kappa shape index (κ3) is 3.30. The summed E-state index contributed by atoms with van der Waals surface area (Å²) in [6, 6.07) is 0. The van der Waals surface area contributed by atoms with Gasteiger partial charge in [0.2, 0.25) is 0 Å². The average molecular weight is 194 g/mol. The summed E-state index contributed by atoms with van der Waals surface area (Å²) < 4.78 is 0. The van der Waals surface area contributed by atoms with E-state index in [1.807, 2.05) is 0 Å². The highest BCUT2D eigenvalue weighted by atomic mass is 35.5. The third-order valence-electron chi connectivity index (χ3n) is 2.55. The molecule has 0 aromatic rings. The summed E-state index contributed by atoms with van der Waals surface area (Å²) in [5, 5.41) is 13.0. The van der Waals surface area contributed by atoms with E-state index >= 15 is 0 Å². The van der Waals surface area contributed by atoms with Gasteiger partial charge in [0.25, 0.3) is 0 Å². The van der Waals surface area contributed by atoms with Gasteiger partial charge in [0.1, 0.15) is 0 Å². The van der Waals surface area contributed by atoms with Crippen LogP contribution in [0.3, 0.4) is 0 Å². The number of piperidine rings is 1. The quantitative estimate of drug-likeness (QED) is 0.696. The van der Waals surface area contributed by atoms with Crippen molar-refractivity contribution in [2.75, 3.05) is 13.1 Å². The molecule has 2 N–H and O–H groups in total. The monoisotopic (exact) mass is 193 g/mol. The zero-order valence-electron chi connectivity index (χ0n) is 7.92. The highest BCUT2D eigenvalue weighted by Gasteiger charge is 2.23. The van der Waals surface area contributed by atoms with Gasteiger partial charge >= 0.3 is 0 Å². The fourth-order valence-corrected chi connectivity index (χ4v) is 1.73. The molecule has 1 unspecified atom stereocenters. The molecule has 0 spiro atoms. The van der Waals surface area contributed by atoms with Crippen LogP contribution >= 0.6 is 12.4 Å². The predicted molar refractivity (Wildman–Crippen MR) is 53.7 cm³/mol. The Morgan fingerprint density at radius 2 is 1.75 bits per heavy atom. The first-order valence-corrected chi connectivity index (χ1v) is 4.60. The van der Waals surface area contributed by atoms with Gasteiger partial charge in [-0.15, -0.1) is 12.4 Å². The van der Waals surface area contributed by atoms with E-state index in [2.05, 4.69) is 19.2 Å². The van der Waals surface area contributed by atoms with Gasteiger partial charge < -0.3 is 10.4 Å². The molecule has 1 aliphatic rings. The minimum atomic E-state index is -0.0860. The molecule has 1 fully saturated rings. The highest BCUT2D eigenvalue weighted by molar-refractivity contribution is 5.85. The Labute approximate surface area is 81.2 Å². The van der Waals surface area contributed by atoms with Crippen molar-refractivity contribution >= 4 is 12.4 Å². The Morgan fingerprint density at radius 3 is 2.17 bits per heavy atom. The van der Waals surface area contributed by atoms with Crippen molar-refractivity contribution in [3.05, 3.63) is 0 Å². The van der Waals surface area contributed by atoms with E-state index in [9.17, 15) is 5.11 Å². The molecule has 1 saturated heterocycles. The predicted octanol–water partition coefficient (Wildman–Crippen LogP) is 1.42. The van der Waals surface area contributed by atoms with Crippen molar-refractivity contribution in [3.63, 3.8) is 0 Å². The molecule has 1 aliphatic heterocycles. The number of hydrogen-bond acceptors (Lipinski definition) is 2. The van der Waals surface area contributed by atoms with Crippen LogP contribution in [0.1, 0.15) is 26.7 Å². The summed E-state index contributed by atoms with van der Waals surface area (Å²) in [6.45, 7) is 6.34. The molecule has 0 aromatic heterocycles. The molecular weight excluding hydrogens is 174 g/mol. The van der Waals surface area contributed by atoms with E-state index in [1.54, 1.807) is 0 Å². The number of nitrogens with one attached hydrogen (secondary N) is 1. The molecule has 2 nitrogen and oxygen atoms in total. The van der Waals surface area contributed by atoms with Crippen molar-refractivity contribution in [3.8, 4) is 0 Å². The zero-order valence-corrected chi connectivity index (χ0v) is 8.73. The van der Waals surface area contributed by atoms with Gasteiger partial charge in [0.05, 0.1) is 6.10 Å². The van der Waals surface area contributed by atoms with Gasteiger partial charge in [-0.25, -0.2) is 0 Å². The Hall–Kier alpha value is 0.210. The van der Waals surface area contributed by atoms with Crippen LogP contribution in [0.25, 0.3) is 0 Å². The van der Waals surface area contributed by atoms with Gasteiger partial charge in [-0.3, -0.25) is 0 Å². The van der Waals surface area contributed by atoms with Crippen molar-refractivity contribution in [1.82, 2.24) is 5.32 Å². The Kier molecular flexibility index (Phi) is 5.89. The summed E-state index contributed by atoms with van der Waals surface area (Å²) in [6.07, 6.45) is 2.19. The number of hydrogen-bond donors (Lipinski definition) is 2. The maximum absolute atomic E-state index is 9.72. The van der Waals surface area contributed by atoms with Crippen molar-refractivity contribution in [1.29, 1.82) is 0 Å². The topological polar surface area (TPSA) is 32.3 Å². The first-order valence-electron chi connectivity index (χ1n) is 4.60. The van der Waals surface area contributed by atoms with Crippen LogP contribution in [-0.4, -0.2) is 24.3 Å². The molecular formula is C9H20ClNO. The van der Waals surface area contributed by atoms with Crippen molar-refractivity contribution in [2.24, 2.45) is 11.8 Å². The molecule has 1 atom stereocenters. The van der Waals surface area contributed by atoms with Crippen LogP contribution in [0.2, 0.25) is 0 Å². The van der Waals surface area contributed by atoms with E-state index in [1.165, 1.54) is 0 Å². The van der Waals surface area contributed by atoms with E-state index in [0.29, 0.717) is 11.8 Å². The van der Waals surface area contributed by atoms with Crippen molar-refractivity contribution < 1.29 is 5.11 Å². The van der Waals surface area contributed by atoms with Crippen LogP contribution in [0.4, 0.5) is 0 Å². The van der Waals surface area contributed by atoms with Gasteiger partial charge in [0.15, 0.2) is 0 Å². The smallest absolute Gasteiger partial charge is 0.0592 e. The van der Waals surface area contributed by atoms with E-state index in [4.69, 9.17) is 0 Å². The first kappa shape index (κ1) is 12.2. The lowest BCUT2D eigenvalue weighted by atomic mass is 9.86. The molecule has 1 rings (SSSR count). The minimum absolute atomic E-state index is 0. The molecule has 12 heavy (non-hydrogen) atoms. The lowest BCUT2D eigenvalue weighted by molar-refractivity contribution is 0.0496. The van der Waals surface area contributed by atoms with Crippen LogP contribution in [-0.2, 0) is 0 Å². The maximum atomic E-state index is 9.72. The Balaban J connectivity index is 0.00000121. The van der Waals surface area contributed by atoms with Gasteiger partial charge in [-0.2, -0.15) is 0 Å². The van der Waals surface area contributed by atoms with Crippen LogP contribution < -0.4 is 5.32 Å². The zero-order chi connectivity index (χ0) is 8.27. The summed E-state index contributed by atoms with van der Waals surface area (Å²) in [7, 11) is 0. The lowest BCUT2D eigenvalue weighted by Gasteiger charge is -2.29. The summed E-state index contributed by atoms with van der Waals surface area (Å²) in [4.78, 5) is 0. The van der Waals surface area contributed by atoms with Crippen LogP contribution in [0.5, 0.6) is 0 Å². The third-order valence-corrected chi connectivity index (χ3v) is 2.55. The SMILES string of the molecule is CC(C)C(O)C1CCNCC1.Cl. The molecule has 74 valence electrons. The Bertz CT molecular complexity index is 113. The fourth-order valence-electron chi connectivity index (χ4n) is 1.73. The van der Waals surface area contributed by atoms with Crippen LogP contribution in [0.15, 0.2) is 0 Å². The fraction of sp³-hybridized carbons (Fsp3) is 1.00. The largest absolute Gasteiger partial charge is 0.393 e. The average Bonchev–Trinajstić information content (AvgIpc) is 2.05. The number of aliphatic hydroxyl groups is 1. The summed E-state index contributed by atoms with van der Waals surface area (Å²) >= 11 is 0. The lowest BCUT2D eigenvalue weighted by Crippen LogP contribution is -2.36.